The van der Waals surface area contributed by atoms with Crippen LogP contribution in [0.4, 0.5) is 0 Å². The Balaban J connectivity index is 1.80. The first kappa shape index (κ1) is 24.5. The van der Waals surface area contributed by atoms with Gasteiger partial charge in [0.25, 0.3) is 5.91 Å². The number of rotatable bonds is 8. The van der Waals surface area contributed by atoms with Crippen LogP contribution < -0.4 is 0 Å². The summed E-state index contributed by atoms with van der Waals surface area (Å²) >= 11 is 1.52. The highest BCUT2D eigenvalue weighted by Gasteiger charge is 2.23. The van der Waals surface area contributed by atoms with E-state index in [2.05, 4.69) is 29.6 Å². The molecule has 174 valence electrons. The molecule has 0 spiro atoms. The van der Waals surface area contributed by atoms with Crippen molar-refractivity contribution in [1.29, 1.82) is 0 Å². The van der Waals surface area contributed by atoms with Gasteiger partial charge in [0, 0.05) is 58.9 Å². The van der Waals surface area contributed by atoms with Gasteiger partial charge in [-0.15, -0.1) is 0 Å². The summed E-state index contributed by atoms with van der Waals surface area (Å²) in [7, 11) is 2.29. The summed E-state index contributed by atoms with van der Waals surface area (Å²) in [5.74, 6) is 0.548. The molecular weight excluding hydrogens is 442 g/mol. The number of thioether (sulfide) groups is 1. The summed E-state index contributed by atoms with van der Waals surface area (Å²) in [6.45, 7) is 8.93. The average molecular weight is 476 g/mol. The third-order valence-electron chi connectivity index (χ3n) is 5.19. The van der Waals surface area contributed by atoms with Crippen molar-refractivity contribution in [2.24, 2.45) is 4.99 Å². The predicted octanol–water partition coefficient (Wildman–Crippen LogP) is 3.37. The van der Waals surface area contributed by atoms with E-state index in [1.54, 1.807) is 31.4 Å². The lowest BCUT2D eigenvalue weighted by molar-refractivity contribution is -0.129. The average Bonchev–Trinajstić information content (AvgIpc) is 3.11. The number of carbonyl (C=O) groups is 2. The van der Waals surface area contributed by atoms with E-state index in [0.717, 1.165) is 23.6 Å². The minimum absolute atomic E-state index is 0.0103. The molecule has 0 aromatic carbocycles. The fourth-order valence-electron chi connectivity index (χ4n) is 3.24. The number of fused-ring (bicyclic) bond motifs is 1. The zero-order chi connectivity index (χ0) is 23.3. The quantitative estimate of drug-likeness (QED) is 0.430. The van der Waals surface area contributed by atoms with Crippen LogP contribution in [0.1, 0.15) is 16.8 Å². The Bertz CT molecular complexity index is 999. The number of carbonyl (C=O) groups excluding carboxylic acids is 2. The Hall–Kier alpha value is -2.17. The molecule has 0 aliphatic carbocycles. The molecule has 32 heavy (non-hydrogen) atoms. The van der Waals surface area contributed by atoms with Crippen molar-refractivity contribution in [1.82, 2.24) is 19.4 Å². The van der Waals surface area contributed by atoms with Gasteiger partial charge in [-0.3, -0.25) is 9.59 Å². The molecule has 2 aromatic heterocycles. The van der Waals surface area contributed by atoms with Crippen molar-refractivity contribution in [3.05, 3.63) is 30.1 Å². The molecule has 1 saturated heterocycles. The second-order valence-electron chi connectivity index (χ2n) is 9.35. The molecule has 3 heterocycles. The Morgan fingerprint density at radius 3 is 2.81 bits per heavy atom. The van der Waals surface area contributed by atoms with Crippen LogP contribution in [0, 0.1) is 0 Å². The van der Waals surface area contributed by atoms with Crippen molar-refractivity contribution in [3.63, 3.8) is 0 Å². The molecule has 0 unspecified atom stereocenters. The van der Waals surface area contributed by atoms with Crippen molar-refractivity contribution < 1.29 is 14.3 Å². The van der Waals surface area contributed by atoms with Crippen LogP contribution in [-0.2, 0) is 16.3 Å². The molecule has 0 N–H and O–H groups in total. The van der Waals surface area contributed by atoms with Crippen LogP contribution in [0.3, 0.4) is 0 Å². The van der Waals surface area contributed by atoms with Gasteiger partial charge in [0.15, 0.2) is 5.17 Å². The summed E-state index contributed by atoms with van der Waals surface area (Å²) in [6, 6.07) is 4.79. The number of pyridine rings is 1. The highest BCUT2D eigenvalue weighted by Crippen LogP contribution is 2.23. The van der Waals surface area contributed by atoms with Gasteiger partial charge in [-0.05, 0) is 24.6 Å². The van der Waals surface area contributed by atoms with E-state index < -0.39 is 8.07 Å². The van der Waals surface area contributed by atoms with E-state index in [1.165, 1.54) is 11.8 Å². The van der Waals surface area contributed by atoms with E-state index in [-0.39, 0.29) is 18.4 Å². The number of nitrogens with zero attached hydrogens (tertiary/aromatic N) is 5. The number of hydrogen-bond donors (Lipinski definition) is 0. The van der Waals surface area contributed by atoms with Gasteiger partial charge in [-0.25, -0.2) is 4.98 Å². The minimum atomic E-state index is -1.17. The number of ether oxygens (including phenoxy) is 1. The van der Waals surface area contributed by atoms with E-state index in [0.29, 0.717) is 36.3 Å². The predicted molar refractivity (Wildman–Crippen MR) is 133 cm³/mol. The molecule has 1 aliphatic heterocycles. The zero-order valence-electron chi connectivity index (χ0n) is 19.6. The van der Waals surface area contributed by atoms with Gasteiger partial charge >= 0.3 is 0 Å². The van der Waals surface area contributed by atoms with E-state index in [4.69, 9.17) is 4.74 Å². The SMILES string of the molecule is CN(C)C(=O)CN1CCCS/C1=N\C(=O)c1cn(COCC[Si](C)(C)C)c2ncccc12. The first-order valence-electron chi connectivity index (χ1n) is 10.9. The molecular formula is C22H33N5O3SSi. The lowest BCUT2D eigenvalue weighted by Crippen LogP contribution is -2.42. The molecule has 2 aromatic rings. The molecule has 2 amide bonds. The molecule has 3 rings (SSSR count). The number of amidine groups is 1. The van der Waals surface area contributed by atoms with Crippen LogP contribution in [0.15, 0.2) is 29.5 Å². The standard InChI is InChI=1S/C22H33N5O3SSi/c1-25(2)19(28)15-26-10-7-12-31-22(26)24-21(29)18-14-27(16-30-11-13-32(3,4)5)20-17(18)8-6-9-23-20/h6,8-9,14H,7,10-13,15-16H2,1-5H3/b24-22-. The van der Waals surface area contributed by atoms with E-state index in [9.17, 15) is 9.59 Å². The number of amides is 2. The van der Waals surface area contributed by atoms with Crippen LogP contribution in [-0.4, -0.2) is 84.0 Å². The second-order valence-corrected chi connectivity index (χ2v) is 16.0. The molecule has 0 bridgehead atoms. The minimum Gasteiger partial charge on any atom is -0.361 e. The van der Waals surface area contributed by atoms with E-state index >= 15 is 0 Å². The first-order chi connectivity index (χ1) is 15.2. The fourth-order valence-corrected chi connectivity index (χ4v) is 4.94. The molecule has 1 fully saturated rings. The normalized spacial score (nSPS) is 16.0. The number of hydrogen-bond acceptors (Lipinski definition) is 5. The summed E-state index contributed by atoms with van der Waals surface area (Å²) in [4.78, 5) is 37.7. The van der Waals surface area contributed by atoms with Gasteiger partial charge in [0.1, 0.15) is 12.4 Å². The van der Waals surface area contributed by atoms with E-state index in [1.807, 2.05) is 21.6 Å². The maximum atomic E-state index is 13.2. The Labute approximate surface area is 195 Å². The maximum Gasteiger partial charge on any atom is 0.281 e. The maximum absolute atomic E-state index is 13.2. The second kappa shape index (κ2) is 10.6. The third kappa shape index (κ3) is 6.43. The van der Waals surface area contributed by atoms with Crippen molar-refractivity contribution in [2.45, 2.75) is 38.8 Å². The molecule has 10 heteroatoms. The fraction of sp³-hybridized carbons (Fsp3) is 0.545. The number of aromatic nitrogens is 2. The molecule has 1 aliphatic rings. The Morgan fingerprint density at radius 2 is 2.09 bits per heavy atom. The van der Waals surface area contributed by atoms with Crippen LogP contribution in [0.5, 0.6) is 0 Å². The summed E-state index contributed by atoms with van der Waals surface area (Å²) in [5.41, 5.74) is 1.21. The largest absolute Gasteiger partial charge is 0.361 e. The van der Waals surface area contributed by atoms with Crippen LogP contribution >= 0.6 is 11.8 Å². The van der Waals surface area contributed by atoms with Crippen molar-refractivity contribution in [3.8, 4) is 0 Å². The van der Waals surface area contributed by atoms with Crippen LogP contribution in [0.25, 0.3) is 11.0 Å². The van der Waals surface area contributed by atoms with Gasteiger partial charge in [-0.1, -0.05) is 31.4 Å². The topological polar surface area (TPSA) is 80.0 Å². The lowest BCUT2D eigenvalue weighted by atomic mass is 10.2. The monoisotopic (exact) mass is 475 g/mol. The van der Waals surface area contributed by atoms with Gasteiger partial charge in [-0.2, -0.15) is 4.99 Å². The molecule has 0 radical (unpaired) electrons. The Morgan fingerprint density at radius 1 is 1.31 bits per heavy atom. The van der Waals surface area contributed by atoms with Gasteiger partial charge in [0.05, 0.1) is 12.1 Å². The summed E-state index contributed by atoms with van der Waals surface area (Å²) in [6.07, 6.45) is 4.45. The highest BCUT2D eigenvalue weighted by molar-refractivity contribution is 8.13. The zero-order valence-corrected chi connectivity index (χ0v) is 21.4. The molecule has 0 saturated carbocycles. The number of aliphatic imine (C=N–C) groups is 1. The van der Waals surface area contributed by atoms with Gasteiger partial charge in [0.2, 0.25) is 5.91 Å². The lowest BCUT2D eigenvalue weighted by Gasteiger charge is -2.29. The number of likely N-dealkylation sites (N-methyl/N-ethyl adjacent to an activating group) is 1. The van der Waals surface area contributed by atoms with Crippen molar-refractivity contribution >= 4 is 47.9 Å². The molecule has 0 atom stereocenters. The summed E-state index contributed by atoms with van der Waals surface area (Å²) in [5, 5.41) is 1.36. The molecule has 8 nitrogen and oxygen atoms in total. The van der Waals surface area contributed by atoms with Crippen molar-refractivity contribution in [2.75, 3.05) is 39.5 Å². The summed E-state index contributed by atoms with van der Waals surface area (Å²) < 4.78 is 7.76. The smallest absolute Gasteiger partial charge is 0.281 e. The van der Waals surface area contributed by atoms with Gasteiger partial charge < -0.3 is 19.1 Å². The first-order valence-corrected chi connectivity index (χ1v) is 15.6. The van der Waals surface area contributed by atoms with Crippen LogP contribution in [0.2, 0.25) is 25.7 Å². The highest BCUT2D eigenvalue weighted by atomic mass is 32.2. The third-order valence-corrected chi connectivity index (χ3v) is 7.99. The Kier molecular flexibility index (Phi) is 8.13.